The van der Waals surface area contributed by atoms with Gasteiger partial charge in [-0.25, -0.2) is 8.78 Å². The van der Waals surface area contributed by atoms with Crippen LogP contribution in [0, 0.1) is 25.7 Å². The number of rotatable bonds is 8. The zero-order chi connectivity index (χ0) is 28.8. The number of pyridine rings is 1. The number of carbonyl (C=O) groups excluding carboxylic acids is 1. The smallest absolute Gasteiger partial charge is 0.254 e. The van der Waals surface area contributed by atoms with Crippen molar-refractivity contribution in [1.82, 2.24) is 15.6 Å². The molecule has 1 unspecified atom stereocenters. The molecule has 0 bridgehead atoms. The van der Waals surface area contributed by atoms with Crippen LogP contribution in [0.25, 0.3) is 0 Å². The number of aromatic nitrogens is 1. The summed E-state index contributed by atoms with van der Waals surface area (Å²) in [7, 11) is 0. The number of alkyl halides is 2. The number of benzene rings is 1. The standard InChI is InChI=1S/C29H36ClF2N3O4S/c1-15-9-23(40-4)21(27(37)35-15)14-34-26(36)20-10-22(30)25-24(16(20)2)38-28(3,39-25)18-7-5-17(6-8-18)13-33-19-11-29(31,32)12-19/h9-10,17-19,33H,5-8,11-14H2,1-4H3,(H,34,36)(H,35,37)/t17-,18+,28?. The minimum Gasteiger partial charge on any atom is -0.448 e. The van der Waals surface area contributed by atoms with E-state index in [-0.39, 0.29) is 42.8 Å². The number of fused-ring (bicyclic) bond motifs is 1. The first-order valence-corrected chi connectivity index (χ1v) is 15.4. The van der Waals surface area contributed by atoms with E-state index in [4.69, 9.17) is 21.1 Å². The van der Waals surface area contributed by atoms with Crippen LogP contribution in [0.15, 0.2) is 21.8 Å². The van der Waals surface area contributed by atoms with Crippen LogP contribution in [0.3, 0.4) is 0 Å². The topological polar surface area (TPSA) is 92.5 Å². The highest BCUT2D eigenvalue weighted by atomic mass is 35.5. The van der Waals surface area contributed by atoms with Crippen molar-refractivity contribution in [1.29, 1.82) is 0 Å². The highest BCUT2D eigenvalue weighted by molar-refractivity contribution is 7.98. The van der Waals surface area contributed by atoms with Gasteiger partial charge in [0.15, 0.2) is 11.5 Å². The first kappa shape index (κ1) is 29.2. The second kappa shape index (κ2) is 11.2. The molecule has 2 fully saturated rings. The number of carbonyl (C=O) groups is 1. The fraction of sp³-hybridized carbons (Fsp3) is 0.586. The largest absolute Gasteiger partial charge is 0.448 e. The minimum absolute atomic E-state index is 0.0659. The fourth-order valence-corrected chi connectivity index (χ4v) is 7.02. The van der Waals surface area contributed by atoms with Gasteiger partial charge in [-0.3, -0.25) is 9.59 Å². The van der Waals surface area contributed by atoms with Gasteiger partial charge in [-0.1, -0.05) is 11.6 Å². The Balaban J connectivity index is 1.22. The van der Waals surface area contributed by atoms with Gasteiger partial charge in [-0.2, -0.15) is 0 Å². The summed E-state index contributed by atoms with van der Waals surface area (Å²) in [6.07, 6.45) is 5.43. The number of thioether (sulfide) groups is 1. The predicted octanol–water partition coefficient (Wildman–Crippen LogP) is 5.98. The molecule has 3 aliphatic rings. The molecule has 1 aliphatic heterocycles. The molecule has 7 nitrogen and oxygen atoms in total. The fourth-order valence-electron chi connectivity index (χ4n) is 6.08. The second-order valence-corrected chi connectivity index (χ2v) is 12.8. The number of nitrogens with one attached hydrogen (secondary N) is 3. The van der Waals surface area contributed by atoms with Crippen molar-refractivity contribution < 1.29 is 23.0 Å². The molecule has 1 amide bonds. The van der Waals surface area contributed by atoms with Gasteiger partial charge in [0.1, 0.15) is 0 Å². The Kier molecular flexibility index (Phi) is 8.16. The zero-order valence-electron chi connectivity index (χ0n) is 23.2. The first-order chi connectivity index (χ1) is 18.9. The van der Waals surface area contributed by atoms with Gasteiger partial charge >= 0.3 is 0 Å². The van der Waals surface area contributed by atoms with E-state index < -0.39 is 11.7 Å². The number of aryl methyl sites for hydroxylation is 1. The van der Waals surface area contributed by atoms with Crippen molar-refractivity contribution in [3.63, 3.8) is 0 Å². The second-order valence-electron chi connectivity index (χ2n) is 11.5. The summed E-state index contributed by atoms with van der Waals surface area (Å²) in [4.78, 5) is 29.3. The maximum Gasteiger partial charge on any atom is 0.254 e. The Bertz CT molecular complexity index is 1350. The summed E-state index contributed by atoms with van der Waals surface area (Å²) in [6.45, 7) is 6.37. The highest BCUT2D eigenvalue weighted by Crippen LogP contribution is 2.52. The average Bonchev–Trinajstić information content (AvgIpc) is 3.27. The molecular formula is C29H36ClF2N3O4S. The quantitative estimate of drug-likeness (QED) is 0.325. The molecule has 3 N–H and O–H groups in total. The normalized spacial score (nSPS) is 25.5. The Labute approximate surface area is 242 Å². The average molecular weight is 596 g/mol. The van der Waals surface area contributed by atoms with Crippen LogP contribution in [0.4, 0.5) is 8.78 Å². The molecule has 2 saturated carbocycles. The number of H-pyrrole nitrogens is 1. The summed E-state index contributed by atoms with van der Waals surface area (Å²) in [5.74, 6) is -2.32. The molecule has 2 aromatic rings. The Hall–Kier alpha value is -2.30. The van der Waals surface area contributed by atoms with Crippen molar-refractivity contribution >= 4 is 29.3 Å². The monoisotopic (exact) mass is 595 g/mol. The van der Waals surface area contributed by atoms with E-state index in [9.17, 15) is 18.4 Å². The molecule has 1 atom stereocenters. The van der Waals surface area contributed by atoms with Gasteiger partial charge in [0.05, 0.1) is 5.02 Å². The molecule has 2 heterocycles. The molecule has 0 radical (unpaired) electrons. The number of amides is 1. The van der Waals surface area contributed by atoms with Gasteiger partial charge in [-0.15, -0.1) is 11.8 Å². The third-order valence-electron chi connectivity index (χ3n) is 8.54. The maximum absolute atomic E-state index is 13.2. The lowest BCUT2D eigenvalue weighted by Gasteiger charge is -2.39. The van der Waals surface area contributed by atoms with E-state index in [1.54, 1.807) is 13.0 Å². The molecule has 0 spiro atoms. The number of aromatic amines is 1. The van der Waals surface area contributed by atoms with Crippen LogP contribution in [0.5, 0.6) is 11.5 Å². The maximum atomic E-state index is 13.2. The lowest BCUT2D eigenvalue weighted by atomic mass is 9.78. The van der Waals surface area contributed by atoms with E-state index >= 15 is 0 Å². The molecular weight excluding hydrogens is 560 g/mol. The third-order valence-corrected chi connectivity index (χ3v) is 9.63. The molecule has 40 heavy (non-hydrogen) atoms. The van der Waals surface area contributed by atoms with Gasteiger partial charge in [-0.05, 0) is 70.4 Å². The minimum atomic E-state index is -2.51. The van der Waals surface area contributed by atoms with Gasteiger partial charge in [0.25, 0.3) is 23.2 Å². The van der Waals surface area contributed by atoms with E-state index in [0.29, 0.717) is 39.1 Å². The first-order valence-electron chi connectivity index (χ1n) is 13.8. The van der Waals surface area contributed by atoms with Crippen molar-refractivity contribution in [2.75, 3.05) is 12.8 Å². The van der Waals surface area contributed by atoms with Crippen LogP contribution < -0.4 is 25.7 Å². The molecule has 0 saturated heterocycles. The Morgan fingerprint density at radius 3 is 2.48 bits per heavy atom. The van der Waals surface area contributed by atoms with Crippen LogP contribution in [0.2, 0.25) is 5.02 Å². The number of halogens is 3. The van der Waals surface area contributed by atoms with Gasteiger partial charge in [0, 0.05) is 65.5 Å². The number of hydrogen-bond acceptors (Lipinski definition) is 6. The molecule has 1 aromatic heterocycles. The summed E-state index contributed by atoms with van der Waals surface area (Å²) < 4.78 is 38.9. The molecule has 1 aromatic carbocycles. The van der Waals surface area contributed by atoms with Crippen molar-refractivity contribution in [2.24, 2.45) is 11.8 Å². The Morgan fingerprint density at radius 1 is 1.15 bits per heavy atom. The number of ether oxygens (including phenoxy) is 2. The molecule has 2 aliphatic carbocycles. The van der Waals surface area contributed by atoms with E-state index in [1.807, 2.05) is 26.2 Å². The van der Waals surface area contributed by atoms with E-state index in [0.717, 1.165) is 42.8 Å². The zero-order valence-corrected chi connectivity index (χ0v) is 24.8. The summed E-state index contributed by atoms with van der Waals surface area (Å²) in [6, 6.07) is 3.39. The predicted molar refractivity (Wildman–Crippen MR) is 152 cm³/mol. The third kappa shape index (κ3) is 5.85. The highest BCUT2D eigenvalue weighted by Gasteiger charge is 2.48. The van der Waals surface area contributed by atoms with Crippen LogP contribution in [-0.4, -0.2) is 41.4 Å². The Morgan fingerprint density at radius 2 is 1.82 bits per heavy atom. The SMILES string of the molecule is CSc1cc(C)[nH]c(=O)c1CNC(=O)c1cc(Cl)c2c(c1C)OC(C)([C@H]1CC[C@@H](CNC3CC(F)(F)C3)CC1)O2. The van der Waals surface area contributed by atoms with E-state index in [2.05, 4.69) is 15.6 Å². The summed E-state index contributed by atoms with van der Waals surface area (Å²) in [5, 5.41) is 6.45. The van der Waals surface area contributed by atoms with E-state index in [1.165, 1.54) is 11.8 Å². The molecule has 5 rings (SSSR count). The van der Waals surface area contributed by atoms with Gasteiger partial charge in [0.2, 0.25) is 0 Å². The van der Waals surface area contributed by atoms with Crippen molar-refractivity contribution in [3.05, 3.63) is 49.9 Å². The lowest BCUT2D eigenvalue weighted by Crippen LogP contribution is -2.50. The molecule has 218 valence electrons. The van der Waals surface area contributed by atoms with Crippen LogP contribution >= 0.6 is 23.4 Å². The summed E-state index contributed by atoms with van der Waals surface area (Å²) >= 11 is 8.05. The summed E-state index contributed by atoms with van der Waals surface area (Å²) in [5.41, 5.74) is 2.02. The molecule has 11 heteroatoms. The number of hydrogen-bond donors (Lipinski definition) is 3. The lowest BCUT2D eigenvalue weighted by molar-refractivity contribution is -0.123. The van der Waals surface area contributed by atoms with Crippen molar-refractivity contribution in [2.45, 2.75) is 88.5 Å². The van der Waals surface area contributed by atoms with Crippen LogP contribution in [0.1, 0.15) is 72.6 Å². The van der Waals surface area contributed by atoms with Crippen molar-refractivity contribution in [3.8, 4) is 11.5 Å². The van der Waals surface area contributed by atoms with Gasteiger partial charge < -0.3 is 25.1 Å². The van der Waals surface area contributed by atoms with Crippen LogP contribution in [-0.2, 0) is 6.54 Å².